The molecule has 2 aromatic heterocycles. The van der Waals surface area contributed by atoms with Gasteiger partial charge in [-0.1, -0.05) is 30.3 Å². The van der Waals surface area contributed by atoms with Crippen LogP contribution in [0.1, 0.15) is 10.4 Å². The van der Waals surface area contributed by atoms with E-state index in [2.05, 4.69) is 27.8 Å². The maximum absolute atomic E-state index is 12.6. The lowest BCUT2D eigenvalue weighted by Gasteiger charge is -2.13. The van der Waals surface area contributed by atoms with Gasteiger partial charge >= 0.3 is 0 Å². The lowest BCUT2D eigenvalue weighted by molar-refractivity contribution is 0.102. The SMILES string of the molecule is CN(C)c1ccc(C(=O)Nc2ccc(Nc3ccnc(-c4cccc5c4oc4ccccc45)c3)cc2)cc1. The van der Waals surface area contributed by atoms with Crippen LogP contribution in [0, 0.1) is 0 Å². The Labute approximate surface area is 220 Å². The molecular weight excluding hydrogens is 472 g/mol. The van der Waals surface area contributed by atoms with Gasteiger partial charge in [-0.25, -0.2) is 0 Å². The van der Waals surface area contributed by atoms with Gasteiger partial charge in [0, 0.05) is 64.9 Å². The maximum Gasteiger partial charge on any atom is 0.255 e. The van der Waals surface area contributed by atoms with E-state index in [1.54, 1.807) is 6.20 Å². The molecule has 0 fully saturated rings. The molecule has 2 N–H and O–H groups in total. The molecule has 6 rings (SSSR count). The number of pyridine rings is 1. The summed E-state index contributed by atoms with van der Waals surface area (Å²) < 4.78 is 6.19. The Morgan fingerprint density at radius 3 is 2.29 bits per heavy atom. The van der Waals surface area contributed by atoms with Gasteiger partial charge < -0.3 is 20.0 Å². The van der Waals surface area contributed by atoms with E-state index in [1.807, 2.05) is 110 Å². The number of nitrogens with one attached hydrogen (secondary N) is 2. The van der Waals surface area contributed by atoms with Gasteiger partial charge in [0.05, 0.1) is 5.69 Å². The number of hydrogen-bond donors (Lipinski definition) is 2. The molecule has 0 radical (unpaired) electrons. The third kappa shape index (κ3) is 4.55. The van der Waals surface area contributed by atoms with Crippen molar-refractivity contribution in [3.05, 3.63) is 115 Å². The van der Waals surface area contributed by atoms with E-state index < -0.39 is 0 Å². The van der Waals surface area contributed by atoms with Crippen LogP contribution < -0.4 is 15.5 Å². The standard InChI is InChI=1S/C32H26N4O2/c1-36(2)25-16-10-21(11-17-25)32(37)35-23-14-12-22(13-15-23)34-24-18-19-33-29(20-24)28-8-5-7-27-26-6-3-4-9-30(26)38-31(27)28/h3-20H,1-2H3,(H,33,34)(H,35,37). The van der Waals surface area contributed by atoms with Crippen molar-refractivity contribution in [2.24, 2.45) is 0 Å². The molecule has 0 bridgehead atoms. The zero-order valence-corrected chi connectivity index (χ0v) is 21.1. The molecular formula is C32H26N4O2. The summed E-state index contributed by atoms with van der Waals surface area (Å²) >= 11 is 0. The zero-order chi connectivity index (χ0) is 26.1. The molecule has 4 aromatic carbocycles. The van der Waals surface area contributed by atoms with E-state index in [0.29, 0.717) is 5.56 Å². The van der Waals surface area contributed by atoms with Crippen LogP contribution in [0.4, 0.5) is 22.7 Å². The topological polar surface area (TPSA) is 70.4 Å². The fourth-order valence-corrected chi connectivity index (χ4v) is 4.52. The maximum atomic E-state index is 12.6. The minimum Gasteiger partial charge on any atom is -0.455 e. The normalized spacial score (nSPS) is 11.0. The molecule has 2 heterocycles. The van der Waals surface area contributed by atoms with E-state index in [0.717, 1.165) is 55.9 Å². The van der Waals surface area contributed by atoms with Crippen molar-refractivity contribution in [1.29, 1.82) is 0 Å². The minimum absolute atomic E-state index is 0.144. The van der Waals surface area contributed by atoms with Crippen molar-refractivity contribution in [2.75, 3.05) is 29.6 Å². The van der Waals surface area contributed by atoms with Crippen molar-refractivity contribution in [3.63, 3.8) is 0 Å². The number of furan rings is 1. The van der Waals surface area contributed by atoms with Gasteiger partial charge in [-0.3, -0.25) is 9.78 Å². The highest BCUT2D eigenvalue weighted by Crippen LogP contribution is 2.35. The number of aromatic nitrogens is 1. The van der Waals surface area contributed by atoms with Gasteiger partial charge in [-0.05, 0) is 72.8 Å². The lowest BCUT2D eigenvalue weighted by atomic mass is 10.1. The molecule has 0 aliphatic carbocycles. The number of amides is 1. The third-order valence-electron chi connectivity index (χ3n) is 6.52. The Balaban J connectivity index is 1.19. The Morgan fingerprint density at radius 1 is 0.763 bits per heavy atom. The van der Waals surface area contributed by atoms with Gasteiger partial charge in [0.15, 0.2) is 0 Å². The number of nitrogens with zero attached hydrogens (tertiary/aromatic N) is 2. The molecule has 0 aliphatic heterocycles. The monoisotopic (exact) mass is 498 g/mol. The van der Waals surface area contributed by atoms with Gasteiger partial charge in [-0.2, -0.15) is 0 Å². The van der Waals surface area contributed by atoms with Gasteiger partial charge in [0.25, 0.3) is 5.91 Å². The number of rotatable bonds is 6. The summed E-state index contributed by atoms with van der Waals surface area (Å²) in [5.41, 5.74) is 7.65. The summed E-state index contributed by atoms with van der Waals surface area (Å²) in [4.78, 5) is 19.2. The fourth-order valence-electron chi connectivity index (χ4n) is 4.52. The molecule has 6 heteroatoms. The Morgan fingerprint density at radius 2 is 1.50 bits per heavy atom. The second-order valence-corrected chi connectivity index (χ2v) is 9.31. The summed E-state index contributed by atoms with van der Waals surface area (Å²) in [7, 11) is 3.94. The van der Waals surface area contributed by atoms with Crippen LogP contribution >= 0.6 is 0 Å². The molecule has 0 atom stereocenters. The molecule has 1 amide bonds. The molecule has 0 saturated carbocycles. The first-order chi connectivity index (χ1) is 18.5. The quantitative estimate of drug-likeness (QED) is 0.246. The molecule has 6 aromatic rings. The molecule has 6 nitrogen and oxygen atoms in total. The van der Waals surface area contributed by atoms with E-state index in [9.17, 15) is 4.79 Å². The molecule has 186 valence electrons. The number of benzene rings is 4. The van der Waals surface area contributed by atoms with Crippen molar-refractivity contribution >= 4 is 50.6 Å². The van der Waals surface area contributed by atoms with Crippen molar-refractivity contribution in [1.82, 2.24) is 4.98 Å². The second-order valence-electron chi connectivity index (χ2n) is 9.31. The fraction of sp³-hybridized carbons (Fsp3) is 0.0625. The number of carbonyl (C=O) groups is 1. The van der Waals surface area contributed by atoms with Crippen molar-refractivity contribution < 1.29 is 9.21 Å². The second kappa shape index (κ2) is 9.75. The molecule has 0 aliphatic rings. The third-order valence-corrected chi connectivity index (χ3v) is 6.52. The van der Waals surface area contributed by atoms with Gasteiger partial charge in [0.1, 0.15) is 11.2 Å². The Hall–Kier alpha value is -5.10. The Bertz CT molecular complexity index is 1750. The Kier molecular flexibility index (Phi) is 5.98. The molecule has 38 heavy (non-hydrogen) atoms. The molecule has 0 saturated heterocycles. The predicted molar refractivity (Wildman–Crippen MR) is 155 cm³/mol. The van der Waals surface area contributed by atoms with E-state index in [-0.39, 0.29) is 5.91 Å². The van der Waals surface area contributed by atoms with Crippen LogP contribution in [0.3, 0.4) is 0 Å². The number of para-hydroxylation sites is 2. The number of fused-ring (bicyclic) bond motifs is 3. The first-order valence-corrected chi connectivity index (χ1v) is 12.4. The number of carbonyl (C=O) groups excluding carboxylic acids is 1. The summed E-state index contributed by atoms with van der Waals surface area (Å²) in [5, 5.41) is 8.55. The average Bonchev–Trinajstić information content (AvgIpc) is 3.33. The highest BCUT2D eigenvalue weighted by molar-refractivity contribution is 6.09. The zero-order valence-electron chi connectivity index (χ0n) is 21.1. The summed E-state index contributed by atoms with van der Waals surface area (Å²) in [6.07, 6.45) is 1.79. The summed E-state index contributed by atoms with van der Waals surface area (Å²) in [5.74, 6) is -0.144. The van der Waals surface area contributed by atoms with Crippen LogP contribution in [0.2, 0.25) is 0 Å². The van der Waals surface area contributed by atoms with Crippen LogP contribution in [0.5, 0.6) is 0 Å². The minimum atomic E-state index is -0.144. The lowest BCUT2D eigenvalue weighted by Crippen LogP contribution is -2.13. The van der Waals surface area contributed by atoms with Gasteiger partial charge in [0.2, 0.25) is 0 Å². The summed E-state index contributed by atoms with van der Waals surface area (Å²) in [6.45, 7) is 0. The molecule has 0 unspecified atom stereocenters. The van der Waals surface area contributed by atoms with E-state index in [1.165, 1.54) is 0 Å². The first-order valence-electron chi connectivity index (χ1n) is 12.4. The average molecular weight is 499 g/mol. The van der Waals surface area contributed by atoms with Crippen LogP contribution in [-0.4, -0.2) is 25.0 Å². The number of anilines is 4. The largest absolute Gasteiger partial charge is 0.455 e. The smallest absolute Gasteiger partial charge is 0.255 e. The van der Waals surface area contributed by atoms with Crippen LogP contribution in [0.15, 0.2) is 114 Å². The van der Waals surface area contributed by atoms with Crippen molar-refractivity contribution in [3.8, 4) is 11.3 Å². The van der Waals surface area contributed by atoms with Gasteiger partial charge in [-0.15, -0.1) is 0 Å². The van der Waals surface area contributed by atoms with E-state index in [4.69, 9.17) is 4.42 Å². The van der Waals surface area contributed by atoms with Crippen LogP contribution in [-0.2, 0) is 0 Å². The highest BCUT2D eigenvalue weighted by atomic mass is 16.3. The molecule has 0 spiro atoms. The van der Waals surface area contributed by atoms with Crippen molar-refractivity contribution in [2.45, 2.75) is 0 Å². The van der Waals surface area contributed by atoms with Crippen LogP contribution in [0.25, 0.3) is 33.2 Å². The predicted octanol–water partition coefficient (Wildman–Crippen LogP) is 7.71. The van der Waals surface area contributed by atoms with E-state index >= 15 is 0 Å². The first kappa shape index (κ1) is 23.3. The summed E-state index contributed by atoms with van der Waals surface area (Å²) in [6, 6.07) is 33.3. The number of hydrogen-bond acceptors (Lipinski definition) is 5. The highest BCUT2D eigenvalue weighted by Gasteiger charge is 2.13.